The summed E-state index contributed by atoms with van der Waals surface area (Å²) in [5.74, 6) is -1.21. The van der Waals surface area contributed by atoms with E-state index in [-0.39, 0.29) is 16.9 Å². The Morgan fingerprint density at radius 1 is 1.47 bits per heavy atom. The second-order valence-electron chi connectivity index (χ2n) is 3.98. The smallest absolute Gasteiger partial charge is 0.250 e. The minimum Gasteiger partial charge on any atom is -0.398 e. The number of rotatable bonds is 5. The van der Waals surface area contributed by atoms with Crippen LogP contribution in [-0.4, -0.2) is 22.2 Å². The van der Waals surface area contributed by atoms with Gasteiger partial charge >= 0.3 is 0 Å². The first kappa shape index (κ1) is 12.9. The summed E-state index contributed by atoms with van der Waals surface area (Å²) < 4.78 is 15.3. The summed E-state index contributed by atoms with van der Waals surface area (Å²) >= 11 is 0. The molecule has 1 amide bonds. The van der Waals surface area contributed by atoms with E-state index in [2.05, 4.69) is 10.4 Å². The molecule has 0 aliphatic heterocycles. The summed E-state index contributed by atoms with van der Waals surface area (Å²) in [6, 6.07) is 4.20. The molecule has 0 bridgehead atoms. The summed E-state index contributed by atoms with van der Waals surface area (Å²) in [6.45, 7) is 1.03. The van der Waals surface area contributed by atoms with Crippen LogP contribution in [-0.2, 0) is 6.54 Å². The average Bonchev–Trinajstić information content (AvgIpc) is 2.84. The third-order valence-electron chi connectivity index (χ3n) is 2.62. The minimum absolute atomic E-state index is 0.0302. The van der Waals surface area contributed by atoms with E-state index in [1.165, 1.54) is 6.07 Å². The number of hydrogen-bond acceptors (Lipinski definition) is 4. The molecule has 0 atom stereocenters. The lowest BCUT2D eigenvalue weighted by Crippen LogP contribution is -2.16. The van der Waals surface area contributed by atoms with Crippen molar-refractivity contribution < 1.29 is 9.18 Å². The lowest BCUT2D eigenvalue weighted by atomic mass is 10.1. The Morgan fingerprint density at radius 2 is 2.26 bits per heavy atom. The van der Waals surface area contributed by atoms with Crippen LogP contribution in [0.2, 0.25) is 0 Å². The Morgan fingerprint density at radius 3 is 2.89 bits per heavy atom. The Kier molecular flexibility index (Phi) is 3.65. The maximum atomic E-state index is 13.6. The molecule has 6 nitrogen and oxygen atoms in total. The standard InChI is InChI=1S/C12H14FN5O/c13-9-7-10(14)8(12(15)19)6-11(9)16-3-5-18-4-1-2-17-18/h1-2,4,6-7,16H,3,5,14H2,(H2,15,19). The van der Waals surface area contributed by atoms with E-state index >= 15 is 0 Å². The number of primary amides is 1. The normalized spacial score (nSPS) is 10.4. The van der Waals surface area contributed by atoms with E-state index in [0.717, 1.165) is 6.07 Å². The zero-order valence-corrected chi connectivity index (χ0v) is 10.1. The average molecular weight is 263 g/mol. The van der Waals surface area contributed by atoms with Gasteiger partial charge in [-0.2, -0.15) is 5.10 Å². The molecule has 100 valence electrons. The van der Waals surface area contributed by atoms with E-state index < -0.39 is 11.7 Å². The quantitative estimate of drug-likeness (QED) is 0.695. The molecule has 0 aliphatic carbocycles. The first-order valence-corrected chi connectivity index (χ1v) is 5.68. The van der Waals surface area contributed by atoms with Gasteiger partial charge in [-0.3, -0.25) is 9.48 Å². The van der Waals surface area contributed by atoms with E-state index in [4.69, 9.17) is 11.5 Å². The van der Waals surface area contributed by atoms with Crippen molar-refractivity contribution in [3.63, 3.8) is 0 Å². The number of aromatic nitrogens is 2. The van der Waals surface area contributed by atoms with Gasteiger partial charge in [0.1, 0.15) is 5.82 Å². The molecular formula is C12H14FN5O. The number of amides is 1. The number of nitrogens with zero attached hydrogens (tertiary/aromatic N) is 2. The highest BCUT2D eigenvalue weighted by Crippen LogP contribution is 2.21. The molecule has 1 heterocycles. The van der Waals surface area contributed by atoms with Crippen LogP contribution < -0.4 is 16.8 Å². The lowest BCUT2D eigenvalue weighted by molar-refractivity contribution is 0.100. The van der Waals surface area contributed by atoms with E-state index in [1.807, 2.05) is 0 Å². The zero-order chi connectivity index (χ0) is 13.8. The number of carbonyl (C=O) groups excluding carboxylic acids is 1. The van der Waals surface area contributed by atoms with Gasteiger partial charge in [0.2, 0.25) is 0 Å². The SMILES string of the molecule is NC(=O)c1cc(NCCn2cccn2)c(F)cc1N. The van der Waals surface area contributed by atoms with Gasteiger partial charge in [0.15, 0.2) is 0 Å². The van der Waals surface area contributed by atoms with Gasteiger partial charge in [-0.25, -0.2) is 4.39 Å². The molecular weight excluding hydrogens is 249 g/mol. The Bertz CT molecular complexity index is 582. The van der Waals surface area contributed by atoms with E-state index in [1.54, 1.807) is 23.1 Å². The fourth-order valence-corrected chi connectivity index (χ4v) is 1.68. The Hall–Kier alpha value is -2.57. The molecule has 0 spiro atoms. The summed E-state index contributed by atoms with van der Waals surface area (Å²) in [4.78, 5) is 11.1. The highest BCUT2D eigenvalue weighted by molar-refractivity contribution is 5.99. The molecule has 5 N–H and O–H groups in total. The van der Waals surface area contributed by atoms with E-state index in [0.29, 0.717) is 13.1 Å². The summed E-state index contributed by atoms with van der Waals surface area (Å²) in [5, 5.41) is 6.89. The second-order valence-corrected chi connectivity index (χ2v) is 3.98. The molecule has 0 saturated heterocycles. The van der Waals surface area contributed by atoms with Crippen molar-refractivity contribution in [2.75, 3.05) is 17.6 Å². The third kappa shape index (κ3) is 3.01. The largest absolute Gasteiger partial charge is 0.398 e. The second kappa shape index (κ2) is 5.38. The van der Waals surface area contributed by atoms with Crippen LogP contribution in [0.1, 0.15) is 10.4 Å². The molecule has 0 aliphatic rings. The maximum absolute atomic E-state index is 13.6. The zero-order valence-electron chi connectivity index (χ0n) is 10.1. The van der Waals surface area contributed by atoms with Crippen molar-refractivity contribution in [3.8, 4) is 0 Å². The molecule has 0 unspecified atom stereocenters. The van der Waals surface area contributed by atoms with Gasteiger partial charge in [0, 0.05) is 24.6 Å². The fourth-order valence-electron chi connectivity index (χ4n) is 1.68. The lowest BCUT2D eigenvalue weighted by Gasteiger charge is -2.10. The number of hydrogen-bond donors (Lipinski definition) is 3. The van der Waals surface area contributed by atoms with Crippen LogP contribution in [0.4, 0.5) is 15.8 Å². The molecule has 0 fully saturated rings. The highest BCUT2D eigenvalue weighted by atomic mass is 19.1. The van der Waals surface area contributed by atoms with Crippen molar-refractivity contribution >= 4 is 17.3 Å². The first-order valence-electron chi connectivity index (χ1n) is 5.68. The number of nitrogens with two attached hydrogens (primary N) is 2. The molecule has 7 heteroatoms. The van der Waals surface area contributed by atoms with Crippen LogP contribution in [0.5, 0.6) is 0 Å². The Balaban J connectivity index is 2.07. The van der Waals surface area contributed by atoms with Crippen molar-refractivity contribution in [1.82, 2.24) is 9.78 Å². The number of benzene rings is 1. The summed E-state index contributed by atoms with van der Waals surface area (Å²) in [7, 11) is 0. The van der Waals surface area contributed by atoms with Crippen LogP contribution in [0.3, 0.4) is 0 Å². The van der Waals surface area contributed by atoms with Gasteiger partial charge < -0.3 is 16.8 Å². The topological polar surface area (TPSA) is 99.0 Å². The molecule has 2 aromatic rings. The summed E-state index contributed by atoms with van der Waals surface area (Å²) in [5.41, 5.74) is 11.0. The Labute approximate surface area is 109 Å². The molecule has 0 radical (unpaired) electrons. The van der Waals surface area contributed by atoms with Crippen LogP contribution in [0.25, 0.3) is 0 Å². The van der Waals surface area contributed by atoms with Gasteiger partial charge in [-0.05, 0) is 18.2 Å². The predicted octanol–water partition coefficient (Wildman–Crippen LogP) is 0.815. The minimum atomic E-state index is -0.687. The van der Waals surface area contributed by atoms with Crippen LogP contribution in [0, 0.1) is 5.82 Å². The summed E-state index contributed by atoms with van der Waals surface area (Å²) in [6.07, 6.45) is 3.46. The number of nitrogens with one attached hydrogen (secondary N) is 1. The molecule has 0 saturated carbocycles. The molecule has 1 aromatic heterocycles. The predicted molar refractivity (Wildman–Crippen MR) is 70.0 cm³/mol. The van der Waals surface area contributed by atoms with Crippen molar-refractivity contribution in [2.24, 2.45) is 5.73 Å². The van der Waals surface area contributed by atoms with Gasteiger partial charge in [0.25, 0.3) is 5.91 Å². The first-order chi connectivity index (χ1) is 9.08. The van der Waals surface area contributed by atoms with Crippen LogP contribution >= 0.6 is 0 Å². The monoisotopic (exact) mass is 263 g/mol. The van der Waals surface area contributed by atoms with E-state index in [9.17, 15) is 9.18 Å². The van der Waals surface area contributed by atoms with Gasteiger partial charge in [-0.1, -0.05) is 0 Å². The molecule has 2 rings (SSSR count). The number of carbonyl (C=O) groups is 1. The van der Waals surface area contributed by atoms with Crippen molar-refractivity contribution in [1.29, 1.82) is 0 Å². The third-order valence-corrected chi connectivity index (χ3v) is 2.62. The number of anilines is 2. The highest BCUT2D eigenvalue weighted by Gasteiger charge is 2.11. The van der Waals surface area contributed by atoms with Crippen molar-refractivity contribution in [2.45, 2.75) is 6.54 Å². The number of nitrogen functional groups attached to an aromatic ring is 1. The van der Waals surface area contributed by atoms with Crippen molar-refractivity contribution in [3.05, 3.63) is 42.0 Å². The molecule has 1 aromatic carbocycles. The van der Waals surface area contributed by atoms with Gasteiger partial charge in [-0.15, -0.1) is 0 Å². The van der Waals surface area contributed by atoms with Gasteiger partial charge in [0.05, 0.1) is 17.8 Å². The number of halogens is 1. The molecule has 19 heavy (non-hydrogen) atoms. The van der Waals surface area contributed by atoms with Crippen LogP contribution in [0.15, 0.2) is 30.6 Å². The maximum Gasteiger partial charge on any atom is 0.250 e. The fraction of sp³-hybridized carbons (Fsp3) is 0.167.